The second-order valence-corrected chi connectivity index (χ2v) is 12.6. The third-order valence-corrected chi connectivity index (χ3v) is 9.67. The highest BCUT2D eigenvalue weighted by Crippen LogP contribution is 2.40. The summed E-state index contributed by atoms with van der Waals surface area (Å²) in [6.45, 7) is 0. The van der Waals surface area contributed by atoms with Crippen LogP contribution in [0.25, 0.3) is 60.6 Å². The van der Waals surface area contributed by atoms with Crippen molar-refractivity contribution in [2.45, 2.75) is 6.17 Å². The lowest BCUT2D eigenvalue weighted by molar-refractivity contribution is 0.667. The highest BCUT2D eigenvalue weighted by atomic mass is 16.3. The summed E-state index contributed by atoms with van der Waals surface area (Å²) in [4.78, 5) is 10.1. The molecule has 0 bridgehead atoms. The summed E-state index contributed by atoms with van der Waals surface area (Å²) in [5.74, 6) is 1.46. The number of rotatable bonds is 5. The van der Waals surface area contributed by atoms with E-state index in [1.807, 2.05) is 48.5 Å². The fourth-order valence-corrected chi connectivity index (χ4v) is 7.42. The maximum atomic E-state index is 6.64. The van der Waals surface area contributed by atoms with E-state index in [-0.39, 0.29) is 6.17 Å². The van der Waals surface area contributed by atoms with Crippen LogP contribution in [0, 0.1) is 0 Å². The summed E-state index contributed by atoms with van der Waals surface area (Å²) in [5.41, 5.74) is 10.4. The molecule has 0 amide bonds. The molecule has 2 aromatic heterocycles. The van der Waals surface area contributed by atoms with E-state index >= 15 is 0 Å². The van der Waals surface area contributed by atoms with Gasteiger partial charge < -0.3 is 14.3 Å². The molecule has 10 rings (SSSR count). The molecule has 0 saturated carbocycles. The molecule has 1 N–H and O–H groups in total. The first-order valence-corrected chi connectivity index (χ1v) is 16.9. The Bertz CT molecular complexity index is 2780. The molecule has 1 aliphatic heterocycles. The first kappa shape index (κ1) is 28.3. The van der Waals surface area contributed by atoms with Crippen molar-refractivity contribution in [3.8, 4) is 16.8 Å². The van der Waals surface area contributed by atoms with Crippen LogP contribution in [-0.4, -0.2) is 16.2 Å². The lowest BCUT2D eigenvalue weighted by Gasteiger charge is -2.24. The topological polar surface area (TPSA) is 54.8 Å². The lowest BCUT2D eigenvalue weighted by atomic mass is 9.99. The summed E-state index contributed by atoms with van der Waals surface area (Å²) in [6.07, 6.45) is -0.282. The molecule has 5 heteroatoms. The second kappa shape index (κ2) is 11.5. The van der Waals surface area contributed by atoms with Crippen LogP contribution in [0.15, 0.2) is 184 Å². The molecular formula is C45H30N4O. The monoisotopic (exact) mass is 642 g/mol. The Kier molecular flexibility index (Phi) is 6.49. The number of amidine groups is 2. The maximum Gasteiger partial charge on any atom is 0.159 e. The molecule has 50 heavy (non-hydrogen) atoms. The average Bonchev–Trinajstić information content (AvgIpc) is 3.74. The van der Waals surface area contributed by atoms with Gasteiger partial charge >= 0.3 is 0 Å². The van der Waals surface area contributed by atoms with Gasteiger partial charge in [-0.1, -0.05) is 133 Å². The van der Waals surface area contributed by atoms with Crippen molar-refractivity contribution in [3.05, 3.63) is 187 Å². The quantitative estimate of drug-likeness (QED) is 0.203. The number of nitrogens with zero attached hydrogens (tertiary/aromatic N) is 3. The average molecular weight is 643 g/mol. The third kappa shape index (κ3) is 4.55. The summed E-state index contributed by atoms with van der Waals surface area (Å²) in [6, 6.07) is 59.1. The number of hydrogen-bond acceptors (Lipinski definition) is 4. The smallest absolute Gasteiger partial charge is 0.159 e. The van der Waals surface area contributed by atoms with Gasteiger partial charge in [-0.2, -0.15) is 0 Å². The summed E-state index contributed by atoms with van der Waals surface area (Å²) in [7, 11) is 0. The standard InChI is InChI=1S/C45H30N4O/c1-4-14-29(15-5-1)33-21-12-24-38-41(33)34-20-10-11-23-37(34)49(38)32-26-27-35-40(28-32)50-39-25-13-22-36(42(35)39)45-47-43(30-16-6-2-7-17-30)46-44(48-45)31-18-8-3-9-19-31/h1-28,43H,(H,46,47,48). The third-order valence-electron chi connectivity index (χ3n) is 9.67. The van der Waals surface area contributed by atoms with Crippen LogP contribution in [0.4, 0.5) is 0 Å². The van der Waals surface area contributed by atoms with Crippen molar-refractivity contribution in [2.24, 2.45) is 9.98 Å². The molecule has 0 aliphatic carbocycles. The molecule has 1 aliphatic rings. The zero-order valence-electron chi connectivity index (χ0n) is 27.0. The van der Waals surface area contributed by atoms with Crippen LogP contribution < -0.4 is 5.32 Å². The van der Waals surface area contributed by atoms with Gasteiger partial charge in [-0.15, -0.1) is 0 Å². The summed E-state index contributed by atoms with van der Waals surface area (Å²) < 4.78 is 8.99. The predicted molar refractivity (Wildman–Crippen MR) is 205 cm³/mol. The number of para-hydroxylation sites is 1. The molecule has 1 atom stereocenters. The van der Waals surface area contributed by atoms with E-state index in [0.29, 0.717) is 5.84 Å². The van der Waals surface area contributed by atoms with E-state index in [9.17, 15) is 0 Å². The van der Waals surface area contributed by atoms with Crippen molar-refractivity contribution < 1.29 is 4.42 Å². The predicted octanol–water partition coefficient (Wildman–Crippen LogP) is 10.8. The first-order valence-electron chi connectivity index (χ1n) is 16.9. The van der Waals surface area contributed by atoms with Gasteiger partial charge in [0.25, 0.3) is 0 Å². The zero-order valence-corrected chi connectivity index (χ0v) is 27.0. The molecule has 3 heterocycles. The number of hydrogen-bond donors (Lipinski definition) is 1. The van der Waals surface area contributed by atoms with Crippen molar-refractivity contribution in [1.29, 1.82) is 0 Å². The number of benzene rings is 7. The normalized spacial score (nSPS) is 14.6. The Morgan fingerprint density at radius 3 is 2.02 bits per heavy atom. The highest BCUT2D eigenvalue weighted by Gasteiger charge is 2.24. The molecular weight excluding hydrogens is 613 g/mol. The Hall–Kier alpha value is -6.72. The molecule has 1 unspecified atom stereocenters. The minimum atomic E-state index is -0.282. The van der Waals surface area contributed by atoms with Gasteiger partial charge in [0.15, 0.2) is 5.84 Å². The largest absolute Gasteiger partial charge is 0.456 e. The molecule has 0 fully saturated rings. The number of furan rings is 1. The SMILES string of the molecule is c1ccc(C2=NC(c3ccccc3)NC(c3cccc4oc5cc(-n6c7ccccc7c7c(-c8ccccc8)cccc76)ccc5c34)=N2)cc1. The second-order valence-electron chi connectivity index (χ2n) is 12.6. The Labute approximate surface area is 288 Å². The van der Waals surface area contributed by atoms with E-state index in [1.54, 1.807) is 0 Å². The zero-order chi connectivity index (χ0) is 33.0. The van der Waals surface area contributed by atoms with E-state index in [0.717, 1.165) is 61.2 Å². The van der Waals surface area contributed by atoms with Gasteiger partial charge in [-0.25, -0.2) is 9.98 Å². The Morgan fingerprint density at radius 1 is 0.520 bits per heavy atom. The van der Waals surface area contributed by atoms with E-state index in [2.05, 4.69) is 131 Å². The van der Waals surface area contributed by atoms with Crippen LogP contribution >= 0.6 is 0 Å². The Balaban J connectivity index is 1.14. The fourth-order valence-electron chi connectivity index (χ4n) is 7.42. The molecule has 9 aromatic rings. The van der Waals surface area contributed by atoms with Gasteiger partial charge in [-0.05, 0) is 47.0 Å². The first-order chi connectivity index (χ1) is 24.8. The molecule has 0 spiro atoms. The number of fused-ring (bicyclic) bond motifs is 6. The summed E-state index contributed by atoms with van der Waals surface area (Å²) >= 11 is 0. The highest BCUT2D eigenvalue weighted by molar-refractivity contribution is 6.22. The van der Waals surface area contributed by atoms with E-state index in [1.165, 1.54) is 21.9 Å². The molecule has 236 valence electrons. The molecule has 5 nitrogen and oxygen atoms in total. The van der Waals surface area contributed by atoms with Gasteiger partial charge in [0.1, 0.15) is 23.2 Å². The van der Waals surface area contributed by atoms with Gasteiger partial charge in [0.05, 0.1) is 11.0 Å². The van der Waals surface area contributed by atoms with Crippen molar-refractivity contribution in [2.75, 3.05) is 0 Å². The fraction of sp³-hybridized carbons (Fsp3) is 0.0222. The van der Waals surface area contributed by atoms with Crippen LogP contribution in [0.3, 0.4) is 0 Å². The number of aromatic nitrogens is 1. The van der Waals surface area contributed by atoms with Crippen LogP contribution in [-0.2, 0) is 0 Å². The maximum absolute atomic E-state index is 6.64. The van der Waals surface area contributed by atoms with Gasteiger partial charge in [-0.3, -0.25) is 0 Å². The van der Waals surface area contributed by atoms with Crippen LogP contribution in [0.5, 0.6) is 0 Å². The molecule has 7 aromatic carbocycles. The van der Waals surface area contributed by atoms with E-state index in [4.69, 9.17) is 14.4 Å². The lowest BCUT2D eigenvalue weighted by Crippen LogP contribution is -2.33. The minimum absolute atomic E-state index is 0.282. The van der Waals surface area contributed by atoms with Crippen LogP contribution in [0.2, 0.25) is 0 Å². The van der Waals surface area contributed by atoms with Crippen molar-refractivity contribution in [3.63, 3.8) is 0 Å². The van der Waals surface area contributed by atoms with Gasteiger partial charge in [0.2, 0.25) is 0 Å². The molecule has 0 radical (unpaired) electrons. The number of nitrogens with one attached hydrogen (secondary N) is 1. The van der Waals surface area contributed by atoms with Crippen LogP contribution in [0.1, 0.15) is 22.9 Å². The minimum Gasteiger partial charge on any atom is -0.456 e. The number of aliphatic imine (C=N–C) groups is 2. The molecule has 0 saturated heterocycles. The van der Waals surface area contributed by atoms with E-state index < -0.39 is 0 Å². The van der Waals surface area contributed by atoms with Crippen molar-refractivity contribution >= 4 is 55.4 Å². The van der Waals surface area contributed by atoms with Gasteiger partial charge in [0, 0.05) is 44.4 Å². The Morgan fingerprint density at radius 2 is 1.20 bits per heavy atom. The summed E-state index contributed by atoms with van der Waals surface area (Å²) in [5, 5.41) is 8.17. The van der Waals surface area contributed by atoms with Crippen molar-refractivity contribution in [1.82, 2.24) is 9.88 Å².